The molecule has 0 spiro atoms. The van der Waals surface area contributed by atoms with Crippen molar-refractivity contribution in [3.63, 3.8) is 0 Å². The molecule has 1 N–H and O–H groups in total. The van der Waals surface area contributed by atoms with Gasteiger partial charge in [-0.15, -0.1) is 0 Å². The Labute approximate surface area is 100 Å². The van der Waals surface area contributed by atoms with Gasteiger partial charge in [0.05, 0.1) is 6.10 Å². The number of ether oxygens (including phenoxy) is 1. The second kappa shape index (κ2) is 6.02. The van der Waals surface area contributed by atoms with Crippen molar-refractivity contribution >= 4 is 0 Å². The zero-order chi connectivity index (χ0) is 11.4. The van der Waals surface area contributed by atoms with Crippen molar-refractivity contribution in [3.05, 3.63) is 0 Å². The van der Waals surface area contributed by atoms with E-state index in [4.69, 9.17) is 4.74 Å². The third-order valence-corrected chi connectivity index (χ3v) is 4.20. The van der Waals surface area contributed by atoms with Crippen LogP contribution in [0, 0.1) is 11.8 Å². The minimum absolute atomic E-state index is 0.553. The van der Waals surface area contributed by atoms with E-state index >= 15 is 0 Å². The third kappa shape index (κ3) is 3.74. The SMILES string of the molecule is CC1CCC(CCC2CCC(C)CO2)NC1. The van der Waals surface area contributed by atoms with Gasteiger partial charge in [-0.25, -0.2) is 0 Å². The molecule has 0 amide bonds. The van der Waals surface area contributed by atoms with Gasteiger partial charge >= 0.3 is 0 Å². The molecule has 0 aliphatic carbocycles. The van der Waals surface area contributed by atoms with Crippen molar-refractivity contribution in [2.45, 2.75) is 64.5 Å². The number of hydrogen-bond donors (Lipinski definition) is 1. The van der Waals surface area contributed by atoms with Gasteiger partial charge in [0.1, 0.15) is 0 Å². The molecule has 94 valence electrons. The van der Waals surface area contributed by atoms with E-state index in [2.05, 4.69) is 19.2 Å². The first-order valence-corrected chi connectivity index (χ1v) is 7.09. The number of nitrogens with one attached hydrogen (secondary N) is 1. The van der Waals surface area contributed by atoms with Gasteiger partial charge in [-0.3, -0.25) is 0 Å². The lowest BCUT2D eigenvalue weighted by molar-refractivity contribution is -0.0176. The smallest absolute Gasteiger partial charge is 0.0576 e. The molecule has 2 saturated heterocycles. The van der Waals surface area contributed by atoms with E-state index < -0.39 is 0 Å². The van der Waals surface area contributed by atoms with Crippen molar-refractivity contribution in [1.82, 2.24) is 5.32 Å². The van der Waals surface area contributed by atoms with Gasteiger partial charge in [-0.05, 0) is 56.9 Å². The molecule has 2 aliphatic heterocycles. The van der Waals surface area contributed by atoms with Crippen molar-refractivity contribution in [2.75, 3.05) is 13.2 Å². The molecule has 2 heterocycles. The quantitative estimate of drug-likeness (QED) is 0.797. The highest BCUT2D eigenvalue weighted by molar-refractivity contribution is 4.78. The molecule has 2 heteroatoms. The van der Waals surface area contributed by atoms with E-state index in [-0.39, 0.29) is 0 Å². The Hall–Kier alpha value is -0.0800. The highest BCUT2D eigenvalue weighted by atomic mass is 16.5. The summed E-state index contributed by atoms with van der Waals surface area (Å²) in [5.41, 5.74) is 0. The van der Waals surface area contributed by atoms with E-state index in [9.17, 15) is 0 Å². The minimum atomic E-state index is 0.553. The highest BCUT2D eigenvalue weighted by Gasteiger charge is 2.22. The van der Waals surface area contributed by atoms with Crippen LogP contribution < -0.4 is 5.32 Å². The van der Waals surface area contributed by atoms with Crippen LogP contribution >= 0.6 is 0 Å². The summed E-state index contributed by atoms with van der Waals surface area (Å²) in [5, 5.41) is 3.66. The summed E-state index contributed by atoms with van der Waals surface area (Å²) < 4.78 is 5.87. The van der Waals surface area contributed by atoms with Crippen LogP contribution in [0.1, 0.15) is 52.4 Å². The molecular formula is C14H27NO. The van der Waals surface area contributed by atoms with E-state index in [1.807, 2.05) is 0 Å². The maximum Gasteiger partial charge on any atom is 0.0576 e. The predicted octanol–water partition coefficient (Wildman–Crippen LogP) is 2.97. The van der Waals surface area contributed by atoms with Crippen molar-refractivity contribution in [2.24, 2.45) is 11.8 Å². The Kier molecular flexibility index (Phi) is 4.66. The third-order valence-electron chi connectivity index (χ3n) is 4.20. The Morgan fingerprint density at radius 3 is 2.44 bits per heavy atom. The van der Waals surface area contributed by atoms with E-state index in [1.165, 1.54) is 45.1 Å². The fourth-order valence-electron chi connectivity index (χ4n) is 2.86. The summed E-state index contributed by atoms with van der Waals surface area (Å²) in [7, 11) is 0. The molecular weight excluding hydrogens is 198 g/mol. The lowest BCUT2D eigenvalue weighted by Gasteiger charge is -2.31. The summed E-state index contributed by atoms with van der Waals surface area (Å²) in [4.78, 5) is 0. The maximum absolute atomic E-state index is 5.87. The van der Waals surface area contributed by atoms with Gasteiger partial charge in [0.15, 0.2) is 0 Å². The Morgan fingerprint density at radius 1 is 1.00 bits per heavy atom. The van der Waals surface area contributed by atoms with Crippen LogP contribution in [0.5, 0.6) is 0 Å². The molecule has 2 aliphatic rings. The largest absolute Gasteiger partial charge is 0.378 e. The van der Waals surface area contributed by atoms with Crippen LogP contribution in [0.25, 0.3) is 0 Å². The highest BCUT2D eigenvalue weighted by Crippen LogP contribution is 2.23. The standard InChI is InChI=1S/C14H27NO/c1-11-3-5-13(15-9-11)6-8-14-7-4-12(2)10-16-14/h11-15H,3-10H2,1-2H3. The lowest BCUT2D eigenvalue weighted by atomic mass is 9.91. The van der Waals surface area contributed by atoms with E-state index in [1.54, 1.807) is 0 Å². The van der Waals surface area contributed by atoms with Crippen LogP contribution in [0.15, 0.2) is 0 Å². The monoisotopic (exact) mass is 225 g/mol. The first-order valence-electron chi connectivity index (χ1n) is 7.09. The summed E-state index contributed by atoms with van der Waals surface area (Å²) >= 11 is 0. The van der Waals surface area contributed by atoms with Crippen LogP contribution in [0.4, 0.5) is 0 Å². The number of piperidine rings is 1. The van der Waals surface area contributed by atoms with E-state index in [0.29, 0.717) is 6.10 Å². The van der Waals surface area contributed by atoms with E-state index in [0.717, 1.165) is 24.5 Å². The lowest BCUT2D eigenvalue weighted by Crippen LogP contribution is -2.38. The van der Waals surface area contributed by atoms with Crippen molar-refractivity contribution in [3.8, 4) is 0 Å². The summed E-state index contributed by atoms with van der Waals surface area (Å²) in [6, 6.07) is 0.763. The summed E-state index contributed by atoms with van der Waals surface area (Å²) in [6.45, 7) is 6.84. The molecule has 0 aromatic carbocycles. The van der Waals surface area contributed by atoms with Gasteiger partial charge in [-0.1, -0.05) is 13.8 Å². The minimum Gasteiger partial charge on any atom is -0.378 e. The van der Waals surface area contributed by atoms with Crippen LogP contribution in [-0.2, 0) is 4.74 Å². The normalized spacial score (nSPS) is 40.9. The van der Waals surface area contributed by atoms with Crippen LogP contribution in [-0.4, -0.2) is 25.3 Å². The molecule has 2 rings (SSSR count). The van der Waals surface area contributed by atoms with Crippen LogP contribution in [0.3, 0.4) is 0 Å². The predicted molar refractivity (Wildman–Crippen MR) is 67.6 cm³/mol. The molecule has 16 heavy (non-hydrogen) atoms. The van der Waals surface area contributed by atoms with Crippen molar-refractivity contribution < 1.29 is 4.74 Å². The molecule has 2 nitrogen and oxygen atoms in total. The van der Waals surface area contributed by atoms with Gasteiger partial charge < -0.3 is 10.1 Å². The molecule has 0 aromatic heterocycles. The van der Waals surface area contributed by atoms with Crippen molar-refractivity contribution in [1.29, 1.82) is 0 Å². The molecule has 4 unspecified atom stereocenters. The fraction of sp³-hybridized carbons (Fsp3) is 1.00. The second-order valence-electron chi connectivity index (χ2n) is 6.00. The van der Waals surface area contributed by atoms with Gasteiger partial charge in [0, 0.05) is 12.6 Å². The molecule has 0 radical (unpaired) electrons. The van der Waals surface area contributed by atoms with Gasteiger partial charge in [0.25, 0.3) is 0 Å². The topological polar surface area (TPSA) is 21.3 Å². The average molecular weight is 225 g/mol. The van der Waals surface area contributed by atoms with Crippen LogP contribution in [0.2, 0.25) is 0 Å². The number of hydrogen-bond acceptors (Lipinski definition) is 2. The molecule has 4 atom stereocenters. The summed E-state index contributed by atoms with van der Waals surface area (Å²) in [5.74, 6) is 1.66. The van der Waals surface area contributed by atoms with Gasteiger partial charge in [0.2, 0.25) is 0 Å². The summed E-state index contributed by atoms with van der Waals surface area (Å²) in [6.07, 6.45) is 8.54. The molecule has 0 aromatic rings. The van der Waals surface area contributed by atoms with Gasteiger partial charge in [-0.2, -0.15) is 0 Å². The second-order valence-corrected chi connectivity index (χ2v) is 6.00. The zero-order valence-corrected chi connectivity index (χ0v) is 10.9. The average Bonchev–Trinajstić information content (AvgIpc) is 2.30. The molecule has 0 bridgehead atoms. The Balaban J connectivity index is 1.60. The zero-order valence-electron chi connectivity index (χ0n) is 10.9. The molecule has 0 saturated carbocycles. The first-order chi connectivity index (χ1) is 7.74. The molecule has 2 fully saturated rings. The Bertz CT molecular complexity index is 169. The maximum atomic E-state index is 5.87. The number of rotatable bonds is 3. The fourth-order valence-corrected chi connectivity index (χ4v) is 2.86. The first kappa shape index (κ1) is 12.4. The Morgan fingerprint density at radius 2 is 1.81 bits per heavy atom.